The van der Waals surface area contributed by atoms with Crippen molar-refractivity contribution < 1.29 is 4.79 Å². The lowest BCUT2D eigenvalue weighted by atomic mass is 9.77. The molecule has 0 aromatic rings. The number of amides is 1. The molecule has 0 saturated carbocycles. The lowest BCUT2D eigenvalue weighted by molar-refractivity contribution is -0.119. The second-order valence-electron chi connectivity index (χ2n) is 6.54. The van der Waals surface area contributed by atoms with Gasteiger partial charge in [-0.05, 0) is 54.5 Å². The summed E-state index contributed by atoms with van der Waals surface area (Å²) in [5.41, 5.74) is 0.795. The number of hydrogen-bond donors (Lipinski definition) is 1. The minimum Gasteiger partial charge on any atom is -0.349 e. The summed E-state index contributed by atoms with van der Waals surface area (Å²) in [4.78, 5) is 14.1. The number of likely N-dealkylation sites (tertiary alicyclic amines) is 1. The molecule has 0 aromatic heterocycles. The molecule has 0 unspecified atom stereocenters. The average Bonchev–Trinajstić information content (AvgIpc) is 2.12. The summed E-state index contributed by atoms with van der Waals surface area (Å²) >= 11 is 0. The van der Waals surface area contributed by atoms with Crippen LogP contribution in [0.1, 0.15) is 47.5 Å². The molecule has 98 valence electrons. The van der Waals surface area contributed by atoms with Gasteiger partial charge in [-0.25, -0.2) is 0 Å². The Kier molecular flexibility index (Phi) is 3.72. The van der Waals surface area contributed by atoms with Gasteiger partial charge >= 0.3 is 0 Å². The van der Waals surface area contributed by atoms with Gasteiger partial charge in [0.15, 0.2) is 0 Å². The van der Waals surface area contributed by atoms with E-state index in [9.17, 15) is 4.79 Å². The fraction of sp³-hybridized carbons (Fsp3) is 0.786. The van der Waals surface area contributed by atoms with E-state index in [2.05, 4.69) is 51.5 Å². The van der Waals surface area contributed by atoms with E-state index >= 15 is 0 Å². The molecule has 0 aromatic carbocycles. The monoisotopic (exact) mass is 238 g/mol. The molecule has 1 heterocycles. The van der Waals surface area contributed by atoms with Crippen LogP contribution in [0.4, 0.5) is 0 Å². The third kappa shape index (κ3) is 3.09. The van der Waals surface area contributed by atoms with Crippen molar-refractivity contribution in [2.75, 3.05) is 7.05 Å². The van der Waals surface area contributed by atoms with Crippen LogP contribution in [0.5, 0.6) is 0 Å². The molecule has 0 spiro atoms. The zero-order chi connectivity index (χ0) is 13.4. The van der Waals surface area contributed by atoms with E-state index < -0.39 is 0 Å². The highest BCUT2D eigenvalue weighted by Crippen LogP contribution is 2.36. The Bertz CT molecular complexity index is 313. The molecular weight excluding hydrogens is 212 g/mol. The van der Waals surface area contributed by atoms with Crippen LogP contribution in [0.25, 0.3) is 0 Å². The maximum absolute atomic E-state index is 11.7. The highest BCUT2D eigenvalue weighted by Gasteiger charge is 2.43. The number of nitrogens with one attached hydrogen (secondary N) is 1. The summed E-state index contributed by atoms with van der Waals surface area (Å²) in [5, 5.41) is 3.08. The summed E-state index contributed by atoms with van der Waals surface area (Å²) < 4.78 is 0. The SMILES string of the molecule is C=C(C)C(=O)NC1CC(C)(C)N(C)C(C)(C)C1. The van der Waals surface area contributed by atoms with Crippen molar-refractivity contribution in [3.63, 3.8) is 0 Å². The summed E-state index contributed by atoms with van der Waals surface area (Å²) in [6.07, 6.45) is 1.96. The predicted molar refractivity (Wildman–Crippen MR) is 71.9 cm³/mol. The average molecular weight is 238 g/mol. The van der Waals surface area contributed by atoms with Gasteiger partial charge in [0, 0.05) is 22.7 Å². The van der Waals surface area contributed by atoms with E-state index in [1.165, 1.54) is 0 Å². The minimum atomic E-state index is -0.0221. The van der Waals surface area contributed by atoms with Crippen molar-refractivity contribution >= 4 is 5.91 Å². The lowest BCUT2D eigenvalue weighted by Crippen LogP contribution is -2.62. The molecule has 1 aliphatic rings. The van der Waals surface area contributed by atoms with Gasteiger partial charge in [-0.3, -0.25) is 9.69 Å². The minimum absolute atomic E-state index is 0.0221. The van der Waals surface area contributed by atoms with E-state index in [4.69, 9.17) is 0 Å². The molecule has 1 amide bonds. The molecule has 1 aliphatic heterocycles. The van der Waals surface area contributed by atoms with E-state index in [0.717, 1.165) is 12.8 Å². The number of piperidine rings is 1. The lowest BCUT2D eigenvalue weighted by Gasteiger charge is -2.53. The first-order valence-electron chi connectivity index (χ1n) is 6.26. The Labute approximate surface area is 105 Å². The summed E-state index contributed by atoms with van der Waals surface area (Å²) in [6.45, 7) is 14.4. The summed E-state index contributed by atoms with van der Waals surface area (Å²) in [7, 11) is 2.16. The van der Waals surface area contributed by atoms with Crippen LogP contribution in [0.15, 0.2) is 12.2 Å². The second-order valence-corrected chi connectivity index (χ2v) is 6.54. The summed E-state index contributed by atoms with van der Waals surface area (Å²) in [5.74, 6) is -0.0221. The molecule has 0 atom stereocenters. The number of rotatable bonds is 2. The molecule has 3 heteroatoms. The van der Waals surface area contributed by atoms with Crippen molar-refractivity contribution in [1.82, 2.24) is 10.2 Å². The molecule has 1 fully saturated rings. The van der Waals surface area contributed by atoms with Gasteiger partial charge in [0.1, 0.15) is 0 Å². The zero-order valence-electron chi connectivity index (χ0n) is 12.1. The highest BCUT2D eigenvalue weighted by molar-refractivity contribution is 5.92. The van der Waals surface area contributed by atoms with Crippen molar-refractivity contribution in [3.05, 3.63) is 12.2 Å². The van der Waals surface area contributed by atoms with Crippen LogP contribution in [-0.2, 0) is 4.79 Å². The van der Waals surface area contributed by atoms with Crippen molar-refractivity contribution in [3.8, 4) is 0 Å². The van der Waals surface area contributed by atoms with Gasteiger partial charge in [0.05, 0.1) is 0 Å². The van der Waals surface area contributed by atoms with Crippen LogP contribution in [0.2, 0.25) is 0 Å². The van der Waals surface area contributed by atoms with Gasteiger partial charge in [-0.1, -0.05) is 6.58 Å². The predicted octanol–water partition coefficient (Wildman–Crippen LogP) is 2.33. The van der Waals surface area contributed by atoms with Gasteiger partial charge in [-0.15, -0.1) is 0 Å². The Balaban J connectivity index is 2.78. The molecule has 0 bridgehead atoms. The molecule has 1 N–H and O–H groups in total. The first-order valence-corrected chi connectivity index (χ1v) is 6.26. The van der Waals surface area contributed by atoms with Gasteiger partial charge in [-0.2, -0.15) is 0 Å². The summed E-state index contributed by atoms with van der Waals surface area (Å²) in [6, 6.07) is 0.236. The van der Waals surface area contributed by atoms with Crippen molar-refractivity contribution in [2.45, 2.75) is 64.6 Å². The Hall–Kier alpha value is -0.830. The fourth-order valence-electron chi connectivity index (χ4n) is 2.78. The zero-order valence-corrected chi connectivity index (χ0v) is 12.1. The maximum Gasteiger partial charge on any atom is 0.246 e. The number of hydrogen-bond acceptors (Lipinski definition) is 2. The largest absolute Gasteiger partial charge is 0.349 e. The van der Waals surface area contributed by atoms with Gasteiger partial charge < -0.3 is 5.32 Å². The topological polar surface area (TPSA) is 32.3 Å². The molecule has 0 aliphatic carbocycles. The van der Waals surface area contributed by atoms with E-state index in [1.54, 1.807) is 6.92 Å². The Morgan fingerprint density at radius 1 is 1.24 bits per heavy atom. The van der Waals surface area contributed by atoms with Crippen LogP contribution in [0, 0.1) is 0 Å². The molecule has 0 radical (unpaired) electrons. The first kappa shape index (κ1) is 14.2. The quantitative estimate of drug-likeness (QED) is 0.749. The van der Waals surface area contributed by atoms with Crippen LogP contribution < -0.4 is 5.32 Å². The fourth-order valence-corrected chi connectivity index (χ4v) is 2.78. The highest BCUT2D eigenvalue weighted by atomic mass is 16.1. The molecular formula is C14H26N2O. The van der Waals surface area contributed by atoms with Crippen molar-refractivity contribution in [2.24, 2.45) is 0 Å². The maximum atomic E-state index is 11.7. The van der Waals surface area contributed by atoms with Crippen LogP contribution in [0.3, 0.4) is 0 Å². The van der Waals surface area contributed by atoms with E-state index in [-0.39, 0.29) is 23.0 Å². The second kappa shape index (κ2) is 4.45. The molecule has 1 saturated heterocycles. The third-order valence-electron chi connectivity index (χ3n) is 4.03. The van der Waals surface area contributed by atoms with Crippen LogP contribution >= 0.6 is 0 Å². The number of nitrogens with zero attached hydrogens (tertiary/aromatic N) is 1. The van der Waals surface area contributed by atoms with Gasteiger partial charge in [0.25, 0.3) is 0 Å². The number of carbonyl (C=O) groups is 1. The normalized spacial score (nSPS) is 24.4. The Morgan fingerprint density at radius 2 is 1.65 bits per heavy atom. The Morgan fingerprint density at radius 3 is 2.00 bits per heavy atom. The molecule has 17 heavy (non-hydrogen) atoms. The third-order valence-corrected chi connectivity index (χ3v) is 4.03. The molecule has 3 nitrogen and oxygen atoms in total. The van der Waals surface area contributed by atoms with Crippen LogP contribution in [-0.4, -0.2) is 35.0 Å². The smallest absolute Gasteiger partial charge is 0.246 e. The van der Waals surface area contributed by atoms with Crippen molar-refractivity contribution in [1.29, 1.82) is 0 Å². The first-order chi connectivity index (χ1) is 7.56. The van der Waals surface area contributed by atoms with E-state index in [1.807, 2.05) is 0 Å². The standard InChI is InChI=1S/C14H26N2O/c1-10(2)12(17)15-11-8-13(3,4)16(7)14(5,6)9-11/h11H,1,8-9H2,2-7H3,(H,15,17). The number of carbonyl (C=O) groups excluding carboxylic acids is 1. The van der Waals surface area contributed by atoms with E-state index in [0.29, 0.717) is 5.57 Å². The van der Waals surface area contributed by atoms with Gasteiger partial charge in [0.2, 0.25) is 5.91 Å². The molecule has 1 rings (SSSR count).